The molecule has 2 aromatic heterocycles. The van der Waals surface area contributed by atoms with Crippen LogP contribution < -0.4 is 5.32 Å². The smallest absolute Gasteiger partial charge is 0.291 e. The predicted molar refractivity (Wildman–Crippen MR) is 120 cm³/mol. The molecule has 0 aliphatic heterocycles. The summed E-state index contributed by atoms with van der Waals surface area (Å²) in [5, 5.41) is 11.9. The SMILES string of the molecule is Cc1ccc(-c2ccc(C(=O)Nc3ccc4nn(-c5ccccc5)nc4c3)o2)cc1C. The molecule has 5 aromatic rings. The number of carbonyl (C=O) groups is 1. The van der Waals surface area contributed by atoms with Gasteiger partial charge in [-0.05, 0) is 73.5 Å². The summed E-state index contributed by atoms with van der Waals surface area (Å²) in [5.74, 6) is 0.598. The van der Waals surface area contributed by atoms with Crippen LogP contribution in [0.1, 0.15) is 21.7 Å². The maximum Gasteiger partial charge on any atom is 0.291 e. The number of hydrogen-bond acceptors (Lipinski definition) is 4. The van der Waals surface area contributed by atoms with Crippen molar-refractivity contribution in [2.45, 2.75) is 13.8 Å². The van der Waals surface area contributed by atoms with Gasteiger partial charge in [0, 0.05) is 11.3 Å². The number of amides is 1. The van der Waals surface area contributed by atoms with Gasteiger partial charge in [0.1, 0.15) is 16.8 Å². The third-order valence-electron chi connectivity index (χ3n) is 5.25. The van der Waals surface area contributed by atoms with E-state index in [1.165, 1.54) is 11.1 Å². The first-order chi connectivity index (χ1) is 15.1. The topological polar surface area (TPSA) is 73.0 Å². The molecule has 3 aromatic carbocycles. The van der Waals surface area contributed by atoms with Gasteiger partial charge in [-0.15, -0.1) is 10.2 Å². The molecule has 0 aliphatic rings. The second kappa shape index (κ2) is 7.57. The van der Waals surface area contributed by atoms with E-state index in [1.807, 2.05) is 54.6 Å². The van der Waals surface area contributed by atoms with Gasteiger partial charge in [-0.1, -0.05) is 30.3 Å². The summed E-state index contributed by atoms with van der Waals surface area (Å²) < 4.78 is 5.80. The van der Waals surface area contributed by atoms with Crippen LogP contribution in [-0.4, -0.2) is 20.9 Å². The van der Waals surface area contributed by atoms with Crippen molar-refractivity contribution >= 4 is 22.6 Å². The maximum atomic E-state index is 12.7. The van der Waals surface area contributed by atoms with E-state index >= 15 is 0 Å². The molecule has 2 heterocycles. The number of carbonyl (C=O) groups excluding carboxylic acids is 1. The van der Waals surface area contributed by atoms with E-state index in [0.29, 0.717) is 17.0 Å². The second-order valence-electron chi connectivity index (χ2n) is 7.45. The first-order valence-corrected chi connectivity index (χ1v) is 9.98. The van der Waals surface area contributed by atoms with Crippen molar-refractivity contribution in [2.24, 2.45) is 0 Å². The van der Waals surface area contributed by atoms with Gasteiger partial charge < -0.3 is 9.73 Å². The highest BCUT2D eigenvalue weighted by Gasteiger charge is 2.14. The number of fused-ring (bicyclic) bond motifs is 1. The summed E-state index contributed by atoms with van der Waals surface area (Å²) in [6, 6.07) is 24.7. The zero-order valence-corrected chi connectivity index (χ0v) is 17.2. The lowest BCUT2D eigenvalue weighted by Gasteiger charge is -2.04. The van der Waals surface area contributed by atoms with E-state index in [-0.39, 0.29) is 11.7 Å². The number of anilines is 1. The number of nitrogens with one attached hydrogen (secondary N) is 1. The Morgan fingerprint density at radius 3 is 2.45 bits per heavy atom. The minimum Gasteiger partial charge on any atom is -0.451 e. The molecule has 0 aliphatic carbocycles. The summed E-state index contributed by atoms with van der Waals surface area (Å²) in [4.78, 5) is 14.3. The minimum atomic E-state index is -0.315. The number of benzene rings is 3. The molecule has 0 fully saturated rings. The fourth-order valence-corrected chi connectivity index (χ4v) is 3.37. The van der Waals surface area contributed by atoms with Crippen LogP contribution in [0.3, 0.4) is 0 Å². The number of rotatable bonds is 4. The Kier molecular flexibility index (Phi) is 4.59. The standard InChI is InChI=1S/C25H20N4O2/c1-16-8-9-18(14-17(16)2)23-12-13-24(31-23)25(30)26-19-10-11-21-22(15-19)28-29(27-21)20-6-4-3-5-7-20/h3-15H,1-2H3,(H,26,30). The highest BCUT2D eigenvalue weighted by molar-refractivity contribution is 6.03. The van der Waals surface area contributed by atoms with Gasteiger partial charge in [-0.2, -0.15) is 4.80 Å². The Bertz CT molecular complexity index is 1400. The lowest BCUT2D eigenvalue weighted by atomic mass is 10.1. The minimum absolute atomic E-state index is 0.251. The molecule has 31 heavy (non-hydrogen) atoms. The third-order valence-corrected chi connectivity index (χ3v) is 5.25. The van der Waals surface area contributed by atoms with Crippen molar-refractivity contribution in [1.29, 1.82) is 0 Å². The molecule has 0 spiro atoms. The highest BCUT2D eigenvalue weighted by Crippen LogP contribution is 2.25. The molecule has 6 nitrogen and oxygen atoms in total. The van der Waals surface area contributed by atoms with Gasteiger partial charge in [0.05, 0.1) is 5.69 Å². The Morgan fingerprint density at radius 1 is 0.839 bits per heavy atom. The molecule has 5 rings (SSSR count). The molecule has 152 valence electrons. The Balaban J connectivity index is 1.36. The van der Waals surface area contributed by atoms with Crippen LogP contribution >= 0.6 is 0 Å². The predicted octanol–water partition coefficient (Wildman–Crippen LogP) is 5.55. The first kappa shape index (κ1) is 18.8. The molecular formula is C25H20N4O2. The third kappa shape index (κ3) is 3.71. The fraction of sp³-hybridized carbons (Fsp3) is 0.0800. The van der Waals surface area contributed by atoms with E-state index in [2.05, 4.69) is 35.4 Å². The summed E-state index contributed by atoms with van der Waals surface area (Å²) in [7, 11) is 0. The molecule has 0 atom stereocenters. The quantitative estimate of drug-likeness (QED) is 0.423. The van der Waals surface area contributed by atoms with Crippen LogP contribution in [0, 0.1) is 13.8 Å². The zero-order valence-electron chi connectivity index (χ0n) is 17.2. The van der Waals surface area contributed by atoms with Gasteiger partial charge in [0.2, 0.25) is 0 Å². The number of para-hydroxylation sites is 1. The molecule has 0 radical (unpaired) electrons. The van der Waals surface area contributed by atoms with Crippen LogP contribution in [0.15, 0.2) is 83.3 Å². The molecule has 6 heteroatoms. The molecule has 0 bridgehead atoms. The monoisotopic (exact) mass is 408 g/mol. The van der Waals surface area contributed by atoms with Crippen LogP contribution in [-0.2, 0) is 0 Å². The first-order valence-electron chi connectivity index (χ1n) is 9.98. The van der Waals surface area contributed by atoms with Gasteiger partial charge in [-0.3, -0.25) is 4.79 Å². The average Bonchev–Trinajstić information content (AvgIpc) is 3.43. The summed E-state index contributed by atoms with van der Waals surface area (Å²) in [5.41, 5.74) is 6.28. The van der Waals surface area contributed by atoms with Gasteiger partial charge in [0.25, 0.3) is 5.91 Å². The van der Waals surface area contributed by atoms with Crippen LogP contribution in [0.5, 0.6) is 0 Å². The van der Waals surface area contributed by atoms with E-state index in [9.17, 15) is 4.79 Å². The molecule has 0 saturated carbocycles. The van der Waals surface area contributed by atoms with Gasteiger partial charge >= 0.3 is 0 Å². The molecule has 1 N–H and O–H groups in total. The largest absolute Gasteiger partial charge is 0.451 e. The van der Waals surface area contributed by atoms with Crippen molar-refractivity contribution < 1.29 is 9.21 Å². The second-order valence-corrected chi connectivity index (χ2v) is 7.45. The lowest BCUT2D eigenvalue weighted by Crippen LogP contribution is -2.10. The van der Waals surface area contributed by atoms with Crippen molar-refractivity contribution in [3.8, 4) is 17.0 Å². The number of aryl methyl sites for hydroxylation is 2. The molecular weight excluding hydrogens is 388 g/mol. The molecule has 1 amide bonds. The Hall–Kier alpha value is -4.19. The summed E-state index contributed by atoms with van der Waals surface area (Å²) in [6.07, 6.45) is 0. The summed E-state index contributed by atoms with van der Waals surface area (Å²) in [6.45, 7) is 4.12. The van der Waals surface area contributed by atoms with Crippen molar-refractivity contribution in [2.75, 3.05) is 5.32 Å². The zero-order chi connectivity index (χ0) is 21.4. The highest BCUT2D eigenvalue weighted by atomic mass is 16.3. The Morgan fingerprint density at radius 2 is 1.65 bits per heavy atom. The normalized spacial score (nSPS) is 11.0. The number of nitrogens with zero attached hydrogens (tertiary/aromatic N) is 3. The van der Waals surface area contributed by atoms with Crippen LogP contribution in [0.2, 0.25) is 0 Å². The van der Waals surface area contributed by atoms with E-state index in [0.717, 1.165) is 16.8 Å². The van der Waals surface area contributed by atoms with E-state index in [1.54, 1.807) is 23.0 Å². The van der Waals surface area contributed by atoms with E-state index in [4.69, 9.17) is 4.42 Å². The Labute approximate surface area is 179 Å². The fourth-order valence-electron chi connectivity index (χ4n) is 3.37. The number of hydrogen-bond donors (Lipinski definition) is 1. The van der Waals surface area contributed by atoms with Gasteiger partial charge in [0.15, 0.2) is 5.76 Å². The van der Waals surface area contributed by atoms with E-state index < -0.39 is 0 Å². The van der Waals surface area contributed by atoms with Crippen molar-refractivity contribution in [3.63, 3.8) is 0 Å². The number of aromatic nitrogens is 3. The number of furan rings is 1. The molecule has 0 unspecified atom stereocenters. The maximum absolute atomic E-state index is 12.7. The van der Waals surface area contributed by atoms with Crippen LogP contribution in [0.4, 0.5) is 5.69 Å². The van der Waals surface area contributed by atoms with Crippen LogP contribution in [0.25, 0.3) is 28.0 Å². The summed E-state index contributed by atoms with van der Waals surface area (Å²) >= 11 is 0. The average molecular weight is 408 g/mol. The van der Waals surface area contributed by atoms with Gasteiger partial charge in [-0.25, -0.2) is 0 Å². The van der Waals surface area contributed by atoms with Crippen molar-refractivity contribution in [1.82, 2.24) is 15.0 Å². The van der Waals surface area contributed by atoms with Crippen molar-refractivity contribution in [3.05, 3.63) is 95.7 Å². The lowest BCUT2D eigenvalue weighted by molar-refractivity contribution is 0.0997. The molecule has 0 saturated heterocycles.